The monoisotopic (exact) mass is 868 g/mol. The lowest BCUT2D eigenvalue weighted by molar-refractivity contribution is -0.169. The van der Waals surface area contributed by atoms with Crippen LogP contribution < -0.4 is 16.5 Å². The molecule has 5 heterocycles. The molecule has 0 bridgehead atoms. The highest BCUT2D eigenvalue weighted by Gasteiger charge is 2.54. The van der Waals surface area contributed by atoms with Crippen molar-refractivity contribution in [2.24, 2.45) is 5.16 Å². The second kappa shape index (κ2) is 18.6. The van der Waals surface area contributed by atoms with E-state index in [-0.39, 0.29) is 53.3 Å². The van der Waals surface area contributed by atoms with Crippen LogP contribution in [-0.4, -0.2) is 108 Å². The van der Waals surface area contributed by atoms with Crippen molar-refractivity contribution in [1.82, 2.24) is 35.5 Å². The van der Waals surface area contributed by atoms with E-state index >= 15 is 0 Å². The third-order valence-corrected chi connectivity index (χ3v) is 13.1. The molecule has 3 aliphatic rings. The Hall–Kier alpha value is -5.80. The number of hydrogen-bond donors (Lipinski definition) is 4. The number of aromatic nitrogens is 5. The summed E-state index contributed by atoms with van der Waals surface area (Å²) in [5.41, 5.74) is 2.38. The van der Waals surface area contributed by atoms with Crippen LogP contribution in [0.25, 0.3) is 0 Å². The van der Waals surface area contributed by atoms with E-state index in [9.17, 15) is 19.5 Å². The molecule has 0 saturated carbocycles. The fourth-order valence-corrected chi connectivity index (χ4v) is 10.2. The van der Waals surface area contributed by atoms with Crippen molar-refractivity contribution >= 4 is 63.5 Å². The summed E-state index contributed by atoms with van der Waals surface area (Å²) in [4.78, 5) is 53.1. The standard InChI is InChI=1S/C40H40N10O7S3/c41-50-39(45-47-48-50)60-23-25-22-58-36-32(35(52)49(36)33(25)37(53)54)43-34(51)31(46-57-21-20-56-30-18-10-11-19-55-30)29-24-59-38(42-29)44-40(26-12-4-1-5-13-26,27-14-6-2-7-15-27)28-16-8-3-9-17-28/h1-9,12-17,24,30,32,36H,10-11,18-23,41H2,(H,42,44)(H,43,51)(H,53,54)/b46-31-/t30?,32-,36+/m1/s1. The van der Waals surface area contributed by atoms with E-state index in [1.165, 1.54) is 28.0 Å². The Morgan fingerprint density at radius 1 is 1.00 bits per heavy atom. The number of nitrogens with zero attached hydrogens (tertiary/aromatic N) is 7. The number of rotatable bonds is 17. The topological polar surface area (TPSA) is 221 Å². The van der Waals surface area contributed by atoms with Crippen LogP contribution in [0.1, 0.15) is 41.6 Å². The summed E-state index contributed by atoms with van der Waals surface area (Å²) in [7, 11) is 0. The van der Waals surface area contributed by atoms with Gasteiger partial charge in [0.15, 0.2) is 17.1 Å². The van der Waals surface area contributed by atoms with Crippen molar-refractivity contribution in [3.8, 4) is 0 Å². The lowest BCUT2D eigenvalue weighted by Gasteiger charge is -2.49. The van der Waals surface area contributed by atoms with Crippen molar-refractivity contribution in [3.05, 3.63) is 130 Å². The Labute approximate surface area is 356 Å². The van der Waals surface area contributed by atoms with Crippen LogP contribution in [-0.2, 0) is 34.2 Å². The number of fused-ring (bicyclic) bond motifs is 1. The maximum absolute atomic E-state index is 14.2. The summed E-state index contributed by atoms with van der Waals surface area (Å²) in [5, 5.41) is 33.7. The van der Waals surface area contributed by atoms with Gasteiger partial charge in [-0.15, -0.1) is 27.9 Å². The zero-order valence-electron chi connectivity index (χ0n) is 32.0. The number of tetrazole rings is 1. The molecule has 5 aromatic rings. The Morgan fingerprint density at radius 3 is 2.28 bits per heavy atom. The number of thioether (sulfide) groups is 2. The van der Waals surface area contributed by atoms with E-state index in [0.29, 0.717) is 17.3 Å². The maximum atomic E-state index is 14.2. The summed E-state index contributed by atoms with van der Waals surface area (Å²) in [5.74, 6) is 3.62. The minimum absolute atomic E-state index is 0.0176. The number of β-lactam (4-membered cyclic amide) rings is 1. The summed E-state index contributed by atoms with van der Waals surface area (Å²) < 4.78 is 11.4. The van der Waals surface area contributed by atoms with Gasteiger partial charge in [0.05, 0.1) is 6.61 Å². The number of aliphatic carboxylic acids is 1. The van der Waals surface area contributed by atoms with E-state index in [1.807, 2.05) is 54.6 Å². The first-order valence-electron chi connectivity index (χ1n) is 19.0. The second-order valence-electron chi connectivity index (χ2n) is 13.8. The Kier molecular flexibility index (Phi) is 12.7. The van der Waals surface area contributed by atoms with Gasteiger partial charge < -0.3 is 35.9 Å². The van der Waals surface area contributed by atoms with Gasteiger partial charge in [0.1, 0.15) is 35.0 Å². The first-order chi connectivity index (χ1) is 29.3. The van der Waals surface area contributed by atoms with Crippen LogP contribution in [0.3, 0.4) is 0 Å². The highest BCUT2D eigenvalue weighted by atomic mass is 32.2. The molecule has 2 fully saturated rings. The largest absolute Gasteiger partial charge is 0.477 e. The minimum Gasteiger partial charge on any atom is -0.477 e. The normalized spacial score (nSPS) is 19.3. The number of nitrogens with two attached hydrogens (primary N) is 1. The zero-order chi connectivity index (χ0) is 41.5. The minimum atomic E-state index is -1.27. The molecule has 2 saturated heterocycles. The third-order valence-electron chi connectivity index (χ3n) is 10.0. The molecule has 1 unspecified atom stereocenters. The van der Waals surface area contributed by atoms with E-state index in [2.05, 4.69) is 67.7 Å². The van der Waals surface area contributed by atoms with Crippen LogP contribution in [0.2, 0.25) is 0 Å². The van der Waals surface area contributed by atoms with Crippen LogP contribution in [0.4, 0.5) is 5.13 Å². The number of ether oxygens (including phenoxy) is 2. The second-order valence-corrected chi connectivity index (χ2v) is 16.7. The lowest BCUT2D eigenvalue weighted by atomic mass is 9.77. The quantitative estimate of drug-likeness (QED) is 0.0197. The molecule has 2 aromatic heterocycles. The Bertz CT molecular complexity index is 2260. The van der Waals surface area contributed by atoms with Crippen LogP contribution in [0, 0.1) is 0 Å². The number of carbonyl (C=O) groups excluding carboxylic acids is 2. The van der Waals surface area contributed by atoms with E-state index in [1.54, 1.807) is 5.38 Å². The number of amides is 2. The molecule has 0 radical (unpaired) electrons. The average molecular weight is 869 g/mol. The summed E-state index contributed by atoms with van der Waals surface area (Å²) in [6.45, 7) is 0.815. The number of carboxylic acid groups (broad SMARTS) is 1. The number of carboxylic acids is 1. The van der Waals surface area contributed by atoms with Crippen molar-refractivity contribution in [3.63, 3.8) is 0 Å². The first-order valence-corrected chi connectivity index (χ1v) is 22.0. The molecular formula is C40H40N10O7S3. The predicted molar refractivity (Wildman–Crippen MR) is 225 cm³/mol. The van der Waals surface area contributed by atoms with Crippen molar-refractivity contribution < 1.29 is 33.8 Å². The molecule has 0 spiro atoms. The number of thiazole rings is 1. The molecule has 5 N–H and O–H groups in total. The average Bonchev–Trinajstić information content (AvgIpc) is 3.93. The molecule has 60 heavy (non-hydrogen) atoms. The molecule has 17 nitrogen and oxygen atoms in total. The van der Waals surface area contributed by atoms with Crippen molar-refractivity contribution in [2.75, 3.05) is 42.5 Å². The number of anilines is 1. The van der Waals surface area contributed by atoms with Gasteiger partial charge in [-0.3, -0.25) is 14.5 Å². The number of carbonyl (C=O) groups is 3. The predicted octanol–water partition coefficient (Wildman–Crippen LogP) is 4.04. The summed E-state index contributed by atoms with van der Waals surface area (Å²) in [6, 6.07) is 29.0. The molecule has 3 aliphatic heterocycles. The molecule has 3 atom stereocenters. The smallest absolute Gasteiger partial charge is 0.352 e. The van der Waals surface area contributed by atoms with Crippen molar-refractivity contribution in [1.29, 1.82) is 0 Å². The van der Waals surface area contributed by atoms with Crippen LogP contribution in [0.15, 0.2) is 118 Å². The first kappa shape index (κ1) is 41.0. The lowest BCUT2D eigenvalue weighted by Crippen LogP contribution is -2.71. The highest BCUT2D eigenvalue weighted by Crippen LogP contribution is 2.43. The zero-order valence-corrected chi connectivity index (χ0v) is 34.4. The molecule has 2 amide bonds. The molecule has 20 heteroatoms. The number of nitrogens with one attached hydrogen (secondary N) is 2. The third kappa shape index (κ3) is 8.59. The van der Waals surface area contributed by atoms with Gasteiger partial charge in [-0.25, -0.2) is 9.78 Å². The van der Waals surface area contributed by atoms with Gasteiger partial charge in [-0.2, -0.15) is 0 Å². The van der Waals surface area contributed by atoms with Crippen LogP contribution in [0.5, 0.6) is 0 Å². The Morgan fingerprint density at radius 2 is 1.68 bits per heavy atom. The number of hydrogen-bond acceptors (Lipinski definition) is 16. The molecule has 310 valence electrons. The van der Waals surface area contributed by atoms with Gasteiger partial charge in [-0.1, -0.05) is 113 Å². The number of benzene rings is 3. The maximum Gasteiger partial charge on any atom is 0.352 e. The van der Waals surface area contributed by atoms with E-state index in [4.69, 9.17) is 25.1 Å². The Balaban J connectivity index is 1.05. The molecule has 0 aliphatic carbocycles. The van der Waals surface area contributed by atoms with Gasteiger partial charge in [0.25, 0.3) is 11.8 Å². The SMILES string of the molecule is Nn1nnnc1SCC1=C(C(=O)O)N2C(=O)[C@@H](NC(=O)/C(=N\OCCOC3CCCCO3)c3csc(NC(c4ccccc4)(c4ccccc4)c4ccccc4)n3)[C@@H]2SC1. The highest BCUT2D eigenvalue weighted by molar-refractivity contribution is 8.01. The molecule has 3 aromatic carbocycles. The fraction of sp³-hybridized carbons (Fsp3) is 0.300. The molecular weight excluding hydrogens is 829 g/mol. The number of nitrogen functional groups attached to an aromatic ring is 1. The number of oxime groups is 1. The summed E-state index contributed by atoms with van der Waals surface area (Å²) >= 11 is 3.76. The van der Waals surface area contributed by atoms with E-state index in [0.717, 1.165) is 52.5 Å². The van der Waals surface area contributed by atoms with Gasteiger partial charge in [0, 0.05) is 23.5 Å². The summed E-state index contributed by atoms with van der Waals surface area (Å²) in [6.07, 6.45) is 2.44. The van der Waals surface area contributed by atoms with Gasteiger partial charge >= 0.3 is 5.97 Å². The van der Waals surface area contributed by atoms with Gasteiger partial charge in [-0.05, 0) is 52.0 Å². The van der Waals surface area contributed by atoms with Crippen LogP contribution >= 0.6 is 34.9 Å². The van der Waals surface area contributed by atoms with E-state index < -0.39 is 34.7 Å². The molecule has 8 rings (SSSR count). The van der Waals surface area contributed by atoms with Gasteiger partial charge in [0.2, 0.25) is 5.16 Å². The van der Waals surface area contributed by atoms with Crippen molar-refractivity contribution in [2.45, 2.75) is 47.7 Å². The fourth-order valence-electron chi connectivity index (χ4n) is 7.19.